The third-order valence-corrected chi connectivity index (χ3v) is 8.75. The molecule has 0 bridgehead atoms. The van der Waals surface area contributed by atoms with Crippen LogP contribution in [0.2, 0.25) is 0 Å². The predicted molar refractivity (Wildman–Crippen MR) is 146 cm³/mol. The number of nitrogens with one attached hydrogen (secondary N) is 4. The Hall–Kier alpha value is -1.47. The fraction of sp³-hybridized carbons (Fsp3) is 0.885. The van der Waals surface area contributed by atoms with Crippen molar-refractivity contribution < 1.29 is 44.5 Å². The van der Waals surface area contributed by atoms with E-state index in [1.165, 1.54) is 6.92 Å². The highest BCUT2D eigenvalue weighted by atomic mass is 16.7. The van der Waals surface area contributed by atoms with Gasteiger partial charge in [0.05, 0.1) is 37.9 Å². The van der Waals surface area contributed by atoms with Crippen LogP contribution in [0.4, 0.5) is 0 Å². The normalized spacial score (nSPS) is 45.1. The van der Waals surface area contributed by atoms with Crippen molar-refractivity contribution in [3.8, 4) is 0 Å². The first-order valence-electron chi connectivity index (χ1n) is 14.4. The molecule has 13 N–H and O–H groups in total. The number of aliphatic hydroxyl groups is 5. The summed E-state index contributed by atoms with van der Waals surface area (Å²) in [7, 11) is 1.59. The van der Waals surface area contributed by atoms with Crippen LogP contribution in [0.1, 0.15) is 26.2 Å². The van der Waals surface area contributed by atoms with E-state index in [2.05, 4.69) is 21.3 Å². The Kier molecular flexibility index (Phi) is 10.6. The van der Waals surface area contributed by atoms with Gasteiger partial charge in [-0.1, -0.05) is 0 Å². The SMILES string of the molecule is CN[C@@H]1[C@@H](O)[C@@H](O[C@@H]2[C@@H](O)[C@H](C3OC(CNCCO)=CC[C@H]3N)[C@@H](N)C[C@H]2NC(=O)C2(O)CCNC2)OC[C@]1(C)O. The Morgan fingerprint density at radius 3 is 2.66 bits per heavy atom. The number of carbonyl (C=O) groups excluding carboxylic acids is 1. The highest BCUT2D eigenvalue weighted by Crippen LogP contribution is 2.36. The molecule has 1 amide bonds. The van der Waals surface area contributed by atoms with Crippen LogP contribution in [0.5, 0.6) is 0 Å². The van der Waals surface area contributed by atoms with Crippen molar-refractivity contribution in [3.63, 3.8) is 0 Å². The molecule has 3 fully saturated rings. The summed E-state index contributed by atoms with van der Waals surface area (Å²) in [5.41, 5.74) is 10.0. The lowest BCUT2D eigenvalue weighted by Crippen LogP contribution is -2.70. The first kappa shape index (κ1) is 32.4. The molecule has 0 spiro atoms. The molecule has 41 heavy (non-hydrogen) atoms. The largest absolute Gasteiger partial charge is 0.492 e. The summed E-state index contributed by atoms with van der Waals surface area (Å²) >= 11 is 0. The summed E-state index contributed by atoms with van der Waals surface area (Å²) in [5.74, 6) is -0.728. The Morgan fingerprint density at radius 2 is 2.00 bits per heavy atom. The lowest BCUT2D eigenvalue weighted by Gasteiger charge is -2.50. The smallest absolute Gasteiger partial charge is 0.253 e. The number of nitrogens with two attached hydrogens (primary N) is 2. The van der Waals surface area contributed by atoms with Gasteiger partial charge in [0.2, 0.25) is 0 Å². The Morgan fingerprint density at radius 1 is 1.24 bits per heavy atom. The van der Waals surface area contributed by atoms with E-state index in [0.29, 0.717) is 31.8 Å². The maximum absolute atomic E-state index is 13.2. The molecule has 2 saturated heterocycles. The van der Waals surface area contributed by atoms with Crippen LogP contribution in [0.15, 0.2) is 11.8 Å². The molecule has 1 saturated carbocycles. The minimum Gasteiger partial charge on any atom is -0.492 e. The molecule has 0 radical (unpaired) electrons. The maximum atomic E-state index is 13.2. The van der Waals surface area contributed by atoms with Crippen molar-refractivity contribution in [2.75, 3.05) is 46.4 Å². The Labute approximate surface area is 240 Å². The first-order chi connectivity index (χ1) is 19.4. The van der Waals surface area contributed by atoms with Crippen LogP contribution in [0.25, 0.3) is 0 Å². The van der Waals surface area contributed by atoms with Gasteiger partial charge >= 0.3 is 0 Å². The first-order valence-corrected chi connectivity index (χ1v) is 14.4. The quantitative estimate of drug-likeness (QED) is 0.107. The molecule has 4 rings (SSSR count). The van der Waals surface area contributed by atoms with Gasteiger partial charge < -0.3 is 72.5 Å². The van der Waals surface area contributed by atoms with E-state index in [4.69, 9.17) is 30.8 Å². The molecule has 0 aromatic rings. The Bertz CT molecular complexity index is 920. The van der Waals surface area contributed by atoms with Crippen molar-refractivity contribution in [3.05, 3.63) is 11.8 Å². The lowest BCUT2D eigenvalue weighted by molar-refractivity contribution is -0.297. The van der Waals surface area contributed by atoms with Gasteiger partial charge in [-0.3, -0.25) is 4.79 Å². The van der Waals surface area contributed by atoms with Crippen molar-refractivity contribution in [2.45, 2.75) is 92.3 Å². The average molecular weight is 589 g/mol. The summed E-state index contributed by atoms with van der Waals surface area (Å²) < 4.78 is 18.1. The summed E-state index contributed by atoms with van der Waals surface area (Å²) in [4.78, 5) is 13.2. The van der Waals surface area contributed by atoms with Gasteiger partial charge in [-0.15, -0.1) is 0 Å². The standard InChI is InChI=1S/C26H48N6O9/c1-25(37)12-39-23(19(35)22(25)29-2)41-21-16(32-24(36)26(38)5-6-31-11-26)9-15(28)17(18(21)34)20-14(27)4-3-13(40-20)10-30-7-8-33/h3,14-23,29-31,33-35,37-38H,4-12,27-28H2,1-2H3,(H,32,36)/t14-,15+,16-,17-,18+,19-,20?,21+,22-,23-,25+,26?/m1/s1. The number of rotatable bonds is 10. The monoisotopic (exact) mass is 588 g/mol. The summed E-state index contributed by atoms with van der Waals surface area (Å²) in [6, 6.07) is -2.80. The molecule has 3 heterocycles. The summed E-state index contributed by atoms with van der Waals surface area (Å²) in [5, 5.41) is 65.1. The number of hydrogen-bond acceptors (Lipinski definition) is 14. The van der Waals surface area contributed by atoms with Gasteiger partial charge in [-0.25, -0.2) is 0 Å². The zero-order chi connectivity index (χ0) is 29.9. The molecular formula is C26H48N6O9. The molecule has 2 unspecified atom stereocenters. The number of likely N-dealkylation sites (N-methyl/N-ethyl adjacent to an activating group) is 1. The van der Waals surface area contributed by atoms with Crippen molar-refractivity contribution in [2.24, 2.45) is 17.4 Å². The summed E-state index contributed by atoms with van der Waals surface area (Å²) in [6.07, 6.45) is -2.98. The number of aliphatic hydroxyl groups excluding tert-OH is 3. The van der Waals surface area contributed by atoms with E-state index in [0.717, 1.165) is 0 Å². The van der Waals surface area contributed by atoms with E-state index < -0.39 is 77.9 Å². The van der Waals surface area contributed by atoms with Gasteiger partial charge in [-0.05, 0) is 45.9 Å². The predicted octanol–water partition coefficient (Wildman–Crippen LogP) is -5.07. The number of ether oxygens (including phenoxy) is 3. The van der Waals surface area contributed by atoms with Gasteiger partial charge in [0.1, 0.15) is 29.7 Å². The van der Waals surface area contributed by atoms with E-state index in [9.17, 15) is 25.2 Å². The highest BCUT2D eigenvalue weighted by Gasteiger charge is 2.54. The topological polar surface area (TPSA) is 246 Å². The molecule has 15 nitrogen and oxygen atoms in total. The second-order valence-electron chi connectivity index (χ2n) is 12.0. The van der Waals surface area contributed by atoms with Gasteiger partial charge in [0.15, 0.2) is 11.9 Å². The van der Waals surface area contributed by atoms with E-state index >= 15 is 0 Å². The van der Waals surface area contributed by atoms with Crippen LogP contribution < -0.4 is 32.7 Å². The van der Waals surface area contributed by atoms with Gasteiger partial charge in [0, 0.05) is 31.1 Å². The highest BCUT2D eigenvalue weighted by molar-refractivity contribution is 5.86. The third kappa shape index (κ3) is 7.03. The van der Waals surface area contributed by atoms with Crippen LogP contribution in [0.3, 0.4) is 0 Å². The van der Waals surface area contributed by atoms with Crippen molar-refractivity contribution in [1.29, 1.82) is 0 Å². The number of carbonyl (C=O) groups is 1. The molecule has 236 valence electrons. The molecule has 15 heteroatoms. The molecule has 12 atom stereocenters. The minimum atomic E-state index is -1.62. The minimum absolute atomic E-state index is 0.0291. The molecule has 0 aromatic carbocycles. The maximum Gasteiger partial charge on any atom is 0.253 e. The van der Waals surface area contributed by atoms with Crippen LogP contribution in [-0.4, -0.2) is 144 Å². The lowest BCUT2D eigenvalue weighted by atomic mass is 9.72. The van der Waals surface area contributed by atoms with Crippen LogP contribution >= 0.6 is 0 Å². The van der Waals surface area contributed by atoms with E-state index in [1.54, 1.807) is 7.05 Å². The molecule has 1 aliphatic carbocycles. The van der Waals surface area contributed by atoms with Gasteiger partial charge in [-0.2, -0.15) is 0 Å². The second kappa shape index (κ2) is 13.4. The summed E-state index contributed by atoms with van der Waals surface area (Å²) in [6.45, 7) is 2.65. The van der Waals surface area contributed by atoms with Crippen LogP contribution in [0, 0.1) is 5.92 Å². The molecule has 4 aliphatic rings. The van der Waals surface area contributed by atoms with Gasteiger partial charge in [0.25, 0.3) is 5.91 Å². The van der Waals surface area contributed by atoms with Crippen LogP contribution in [-0.2, 0) is 19.0 Å². The Balaban J connectivity index is 1.57. The molecule has 3 aliphatic heterocycles. The number of amides is 1. The molecule has 0 aromatic heterocycles. The third-order valence-electron chi connectivity index (χ3n) is 8.75. The number of hydrogen-bond donors (Lipinski definition) is 11. The zero-order valence-electron chi connectivity index (χ0n) is 23.7. The fourth-order valence-electron chi connectivity index (χ4n) is 6.43. The average Bonchev–Trinajstić information content (AvgIpc) is 3.37. The van der Waals surface area contributed by atoms with E-state index in [1.807, 2.05) is 6.08 Å². The van der Waals surface area contributed by atoms with Crippen molar-refractivity contribution in [1.82, 2.24) is 21.3 Å². The number of β-amino-alcohol motifs (C(OH)–C–C–N with tert-alkyl or cyclic N) is 1. The van der Waals surface area contributed by atoms with E-state index in [-0.39, 0.29) is 32.6 Å². The fourth-order valence-corrected chi connectivity index (χ4v) is 6.43. The zero-order valence-corrected chi connectivity index (χ0v) is 23.7. The molecular weight excluding hydrogens is 540 g/mol. The van der Waals surface area contributed by atoms with Crippen molar-refractivity contribution >= 4 is 5.91 Å². The second-order valence-corrected chi connectivity index (χ2v) is 12.0.